The van der Waals surface area contributed by atoms with Gasteiger partial charge in [0.05, 0.1) is 6.61 Å². The number of benzene rings is 1. The van der Waals surface area contributed by atoms with Crippen LogP contribution in [0.5, 0.6) is 0 Å². The molecule has 0 bridgehead atoms. The highest BCUT2D eigenvalue weighted by Gasteiger charge is 2.16. The number of rotatable bonds is 3. The molecule has 2 rings (SSSR count). The van der Waals surface area contributed by atoms with Crippen LogP contribution in [-0.4, -0.2) is 23.4 Å². The van der Waals surface area contributed by atoms with E-state index in [1.807, 2.05) is 0 Å². The summed E-state index contributed by atoms with van der Waals surface area (Å²) in [6.45, 7) is -0.132. The molecule has 16 heavy (non-hydrogen) atoms. The first-order valence-electron chi connectivity index (χ1n) is 5.27. The minimum Gasteiger partial charge on any atom is -0.396 e. The first kappa shape index (κ1) is 10.8. The van der Waals surface area contributed by atoms with Gasteiger partial charge in [0.1, 0.15) is 0 Å². The molecule has 1 aromatic rings. The smallest absolute Gasteiger partial charge is 0.224 e. The normalized spacial score (nSPS) is 14.2. The predicted molar refractivity (Wildman–Crippen MR) is 59.4 cm³/mol. The molecular formula is C12H13NO3. The van der Waals surface area contributed by atoms with Crippen LogP contribution >= 0.6 is 0 Å². The summed E-state index contributed by atoms with van der Waals surface area (Å²) in [5.74, 6) is -0.0517. The van der Waals surface area contributed by atoms with Crippen molar-refractivity contribution in [1.29, 1.82) is 0 Å². The lowest BCUT2D eigenvalue weighted by Gasteiger charge is -2.17. The van der Waals surface area contributed by atoms with Gasteiger partial charge in [-0.15, -0.1) is 0 Å². The summed E-state index contributed by atoms with van der Waals surface area (Å²) >= 11 is 0. The number of aliphatic hydroxyl groups excluding tert-OH is 1. The maximum Gasteiger partial charge on any atom is 0.224 e. The van der Waals surface area contributed by atoms with Gasteiger partial charge in [-0.2, -0.15) is 0 Å². The van der Waals surface area contributed by atoms with Crippen molar-refractivity contribution >= 4 is 17.4 Å². The highest BCUT2D eigenvalue weighted by molar-refractivity contribution is 5.99. The number of carbonyl (C=O) groups excluding carboxylic acids is 2. The number of hydrogen-bond donors (Lipinski definition) is 2. The van der Waals surface area contributed by atoms with Gasteiger partial charge in [-0.05, 0) is 30.2 Å². The topological polar surface area (TPSA) is 66.4 Å². The quantitative estimate of drug-likeness (QED) is 0.749. The molecule has 1 aliphatic rings. The summed E-state index contributed by atoms with van der Waals surface area (Å²) in [4.78, 5) is 22.7. The number of carbonyl (C=O) groups is 2. The second kappa shape index (κ2) is 4.45. The lowest BCUT2D eigenvalue weighted by atomic mass is 9.98. The molecule has 0 spiro atoms. The minimum absolute atomic E-state index is 0.0157. The Morgan fingerprint density at radius 3 is 2.94 bits per heavy atom. The van der Waals surface area contributed by atoms with E-state index >= 15 is 0 Å². The van der Waals surface area contributed by atoms with Crippen molar-refractivity contribution in [3.63, 3.8) is 0 Å². The fourth-order valence-corrected chi connectivity index (χ4v) is 1.80. The van der Waals surface area contributed by atoms with Crippen LogP contribution < -0.4 is 5.32 Å². The lowest BCUT2D eigenvalue weighted by molar-refractivity contribution is -0.116. The van der Waals surface area contributed by atoms with Gasteiger partial charge in [0.2, 0.25) is 5.91 Å². The number of hydrogen-bond acceptors (Lipinski definition) is 3. The van der Waals surface area contributed by atoms with E-state index in [2.05, 4.69) is 5.32 Å². The zero-order valence-electron chi connectivity index (χ0n) is 8.82. The lowest BCUT2D eigenvalue weighted by Crippen LogP contribution is -2.19. The van der Waals surface area contributed by atoms with E-state index in [1.54, 1.807) is 18.2 Å². The molecule has 1 aliphatic heterocycles. The van der Waals surface area contributed by atoms with Gasteiger partial charge < -0.3 is 10.4 Å². The third kappa shape index (κ3) is 2.12. The Kier molecular flexibility index (Phi) is 3.01. The van der Waals surface area contributed by atoms with Gasteiger partial charge in [0, 0.05) is 24.1 Å². The van der Waals surface area contributed by atoms with Crippen LogP contribution in [0.3, 0.4) is 0 Å². The molecular weight excluding hydrogens is 206 g/mol. The number of aryl methyl sites for hydroxylation is 1. The van der Waals surface area contributed by atoms with Crippen molar-refractivity contribution < 1.29 is 14.7 Å². The molecule has 4 heteroatoms. The molecule has 0 saturated heterocycles. The summed E-state index contributed by atoms with van der Waals surface area (Å²) in [6, 6.07) is 5.23. The van der Waals surface area contributed by atoms with Gasteiger partial charge in [0.15, 0.2) is 5.78 Å². The summed E-state index contributed by atoms with van der Waals surface area (Å²) in [6.07, 6.45) is 1.28. The fraction of sp³-hybridized carbons (Fsp3) is 0.333. The van der Waals surface area contributed by atoms with Gasteiger partial charge in [-0.25, -0.2) is 0 Å². The monoisotopic (exact) mass is 219 g/mol. The largest absolute Gasteiger partial charge is 0.396 e. The van der Waals surface area contributed by atoms with E-state index in [1.165, 1.54) is 0 Å². The second-order valence-corrected chi connectivity index (χ2v) is 3.82. The average Bonchev–Trinajstić information content (AvgIpc) is 2.28. The number of nitrogens with one attached hydrogen (secondary N) is 1. The Labute approximate surface area is 93.3 Å². The maximum atomic E-state index is 11.5. The van der Waals surface area contributed by atoms with Crippen molar-refractivity contribution in [2.24, 2.45) is 0 Å². The SMILES string of the molecule is O=C1CCc2cc(C(=O)CCO)ccc2N1. The Hall–Kier alpha value is -1.68. The first-order chi connectivity index (χ1) is 7.70. The van der Waals surface area contributed by atoms with E-state index in [0.717, 1.165) is 11.3 Å². The van der Waals surface area contributed by atoms with Crippen molar-refractivity contribution in [2.45, 2.75) is 19.3 Å². The van der Waals surface area contributed by atoms with Crippen molar-refractivity contribution in [1.82, 2.24) is 0 Å². The molecule has 0 atom stereocenters. The third-order valence-corrected chi connectivity index (χ3v) is 2.66. The van der Waals surface area contributed by atoms with E-state index in [9.17, 15) is 9.59 Å². The average molecular weight is 219 g/mol. The summed E-state index contributed by atoms with van der Waals surface area (Å²) in [7, 11) is 0. The molecule has 0 aromatic heterocycles. The zero-order valence-corrected chi connectivity index (χ0v) is 8.82. The second-order valence-electron chi connectivity index (χ2n) is 3.82. The molecule has 1 amide bonds. The molecule has 4 nitrogen and oxygen atoms in total. The van der Waals surface area contributed by atoms with Crippen LogP contribution in [0.2, 0.25) is 0 Å². The van der Waals surface area contributed by atoms with Crippen molar-refractivity contribution in [2.75, 3.05) is 11.9 Å². The van der Waals surface area contributed by atoms with Crippen molar-refractivity contribution in [3.05, 3.63) is 29.3 Å². The van der Waals surface area contributed by atoms with E-state index in [4.69, 9.17) is 5.11 Å². The van der Waals surface area contributed by atoms with Crippen LogP contribution in [0.15, 0.2) is 18.2 Å². The number of fused-ring (bicyclic) bond motifs is 1. The van der Waals surface area contributed by atoms with Crippen LogP contribution in [0, 0.1) is 0 Å². The molecule has 1 aromatic carbocycles. The highest BCUT2D eigenvalue weighted by atomic mass is 16.3. The van der Waals surface area contributed by atoms with Gasteiger partial charge >= 0.3 is 0 Å². The molecule has 0 saturated carbocycles. The van der Waals surface area contributed by atoms with Gasteiger partial charge in [-0.3, -0.25) is 9.59 Å². The minimum atomic E-state index is -0.132. The Bertz CT molecular complexity index is 440. The third-order valence-electron chi connectivity index (χ3n) is 2.66. The fourth-order valence-electron chi connectivity index (χ4n) is 1.80. The number of amides is 1. The highest BCUT2D eigenvalue weighted by Crippen LogP contribution is 2.23. The van der Waals surface area contributed by atoms with Crippen LogP contribution in [0.1, 0.15) is 28.8 Å². The van der Waals surface area contributed by atoms with Crippen LogP contribution in [0.4, 0.5) is 5.69 Å². The maximum absolute atomic E-state index is 11.5. The van der Waals surface area contributed by atoms with Gasteiger partial charge in [-0.1, -0.05) is 0 Å². The Morgan fingerprint density at radius 2 is 2.19 bits per heavy atom. The molecule has 0 radical (unpaired) electrons. The Balaban J connectivity index is 2.26. The molecule has 0 unspecified atom stereocenters. The Morgan fingerprint density at radius 1 is 1.38 bits per heavy atom. The number of anilines is 1. The summed E-state index contributed by atoms with van der Waals surface area (Å²) in [5, 5.41) is 11.5. The summed E-state index contributed by atoms with van der Waals surface area (Å²) in [5.41, 5.74) is 2.38. The number of aliphatic hydroxyl groups is 1. The van der Waals surface area contributed by atoms with Crippen LogP contribution in [0.25, 0.3) is 0 Å². The van der Waals surface area contributed by atoms with E-state index in [-0.39, 0.29) is 24.7 Å². The number of Topliss-reactive ketones (excluding diaryl/α,β-unsaturated/α-hetero) is 1. The van der Waals surface area contributed by atoms with Crippen LogP contribution in [-0.2, 0) is 11.2 Å². The zero-order chi connectivity index (χ0) is 11.5. The van der Waals surface area contributed by atoms with E-state index in [0.29, 0.717) is 18.4 Å². The molecule has 84 valence electrons. The van der Waals surface area contributed by atoms with Crippen molar-refractivity contribution in [3.8, 4) is 0 Å². The van der Waals surface area contributed by atoms with Gasteiger partial charge in [0.25, 0.3) is 0 Å². The molecule has 0 aliphatic carbocycles. The predicted octanol–water partition coefficient (Wildman–Crippen LogP) is 1.14. The first-order valence-corrected chi connectivity index (χ1v) is 5.27. The number of ketones is 1. The molecule has 1 heterocycles. The summed E-state index contributed by atoms with van der Waals surface area (Å²) < 4.78 is 0. The molecule has 0 fully saturated rings. The molecule has 2 N–H and O–H groups in total. The van der Waals surface area contributed by atoms with E-state index < -0.39 is 0 Å². The standard InChI is InChI=1S/C12H13NO3/c14-6-5-11(15)9-1-3-10-8(7-9)2-4-12(16)13-10/h1,3,7,14H,2,4-6H2,(H,13,16).